The highest BCUT2D eigenvalue weighted by atomic mass is 16.6. The molecule has 8 rings (SSSR count). The van der Waals surface area contributed by atoms with Crippen molar-refractivity contribution >= 4 is 35.4 Å². The molecule has 0 aromatic carbocycles. The molecule has 0 aliphatic heterocycles. The van der Waals surface area contributed by atoms with Crippen molar-refractivity contribution in [2.75, 3.05) is 0 Å². The first kappa shape index (κ1) is 60.6. The van der Waals surface area contributed by atoms with Gasteiger partial charge in [-0.05, 0) is 190 Å². The normalized spacial score (nSPS) is 40.9. The third-order valence-electron chi connectivity index (χ3n) is 22.3. The van der Waals surface area contributed by atoms with Crippen LogP contribution in [0.2, 0.25) is 0 Å². The standard InChI is InChI=1S/C62H94O16/c1-31(63)75-41-27-39-53(69)51(49-35-15-17-45(61(13,73)47(67)21-23-55(5,6)71)57(35,9)25-19-37(49)59(39,11)29-43(41)77-33(3)65)52-50-36-16-18-46(62(14,74)48(68)22-24-56(7,8)72)58(36,10)26-20-38(50)60(12)30-44(78-34(4)66)42(76-32(2)64)28-40(60)54(52)70/h37-48,51-52,67-68,71-74H,15-30H2,1-14H3/t37-,38-,39-,40-,41+,42+,43-,44-,45-,46-,47+,48+,51-,52-,57-,58-,59+,60+,61+,62+/m0/s1. The summed E-state index contributed by atoms with van der Waals surface area (Å²) in [6, 6.07) is 0. The van der Waals surface area contributed by atoms with E-state index in [4.69, 9.17) is 18.9 Å². The van der Waals surface area contributed by atoms with Crippen LogP contribution in [-0.4, -0.2) is 125 Å². The SMILES string of the molecule is CC(=O)O[C@H]1C[C@@]2(C)[C@@H](C[C@H]1OC(C)=O)C(=O)[C@H]([C@H]1C(=O)[C@@H]3C[C@@H](OC(C)=O)[C@@H](OC(C)=O)C[C@]3(C)[C@H]3CC[C@@]4(C)C(=C13)CC[C@@H]4[C@@](C)(O)[C@H](O)CCC(C)(C)O)C1=C3CC[C@H]([C@@](C)(O)[C@H](O)CCC(C)(C)O)[C@@]3(C)CC[C@@H]12. The minimum absolute atomic E-state index is 0.0473. The molecule has 0 aromatic heterocycles. The number of allylic oxidation sites excluding steroid dienone is 4. The zero-order valence-corrected chi connectivity index (χ0v) is 49.2. The quantitative estimate of drug-likeness (QED) is 0.0526. The van der Waals surface area contributed by atoms with Gasteiger partial charge in [-0.1, -0.05) is 50.0 Å². The molecule has 0 radical (unpaired) electrons. The Hall–Kier alpha value is -3.54. The van der Waals surface area contributed by atoms with E-state index in [1.165, 1.54) is 27.7 Å². The number of carbonyl (C=O) groups is 6. The molecule has 20 atom stereocenters. The van der Waals surface area contributed by atoms with E-state index in [1.807, 2.05) is 0 Å². The molecule has 6 N–H and O–H groups in total. The summed E-state index contributed by atoms with van der Waals surface area (Å²) in [6.45, 7) is 23.6. The van der Waals surface area contributed by atoms with Crippen molar-refractivity contribution in [3.8, 4) is 0 Å². The van der Waals surface area contributed by atoms with Gasteiger partial charge in [0.05, 0.1) is 46.4 Å². The third kappa shape index (κ3) is 10.4. The van der Waals surface area contributed by atoms with Crippen molar-refractivity contribution < 1.29 is 78.4 Å². The second-order valence-electron chi connectivity index (χ2n) is 28.6. The summed E-state index contributed by atoms with van der Waals surface area (Å²) >= 11 is 0. The summed E-state index contributed by atoms with van der Waals surface area (Å²) < 4.78 is 23.9. The van der Waals surface area contributed by atoms with Crippen LogP contribution in [0.25, 0.3) is 0 Å². The Balaban J connectivity index is 1.37. The summed E-state index contributed by atoms with van der Waals surface area (Å²) in [5.41, 5.74) is -5.02. The van der Waals surface area contributed by atoms with Gasteiger partial charge in [-0.25, -0.2) is 0 Å². The molecule has 16 heteroatoms. The van der Waals surface area contributed by atoms with Crippen molar-refractivity contribution in [1.29, 1.82) is 0 Å². The largest absolute Gasteiger partial charge is 0.459 e. The number of hydrogen-bond acceptors (Lipinski definition) is 16. The average Bonchev–Trinajstić information content (AvgIpc) is 3.78. The Morgan fingerprint density at radius 2 is 0.821 bits per heavy atom. The summed E-state index contributed by atoms with van der Waals surface area (Å²) in [6.07, 6.45) is -0.647. The first-order chi connectivity index (χ1) is 35.8. The number of esters is 4. The lowest BCUT2D eigenvalue weighted by Crippen LogP contribution is -2.64. The Morgan fingerprint density at radius 3 is 1.12 bits per heavy atom. The van der Waals surface area contributed by atoms with Crippen LogP contribution in [0.15, 0.2) is 22.3 Å². The Bertz CT molecular complexity index is 2310. The van der Waals surface area contributed by atoms with Crippen LogP contribution in [0, 0.1) is 69.0 Å². The van der Waals surface area contributed by atoms with E-state index in [0.717, 1.165) is 22.3 Å². The highest BCUT2D eigenvalue weighted by molar-refractivity contribution is 5.99. The van der Waals surface area contributed by atoms with Crippen molar-refractivity contribution in [3.63, 3.8) is 0 Å². The lowest BCUT2D eigenvalue weighted by atomic mass is 9.40. The highest BCUT2D eigenvalue weighted by Crippen LogP contribution is 2.72. The number of rotatable bonds is 15. The summed E-state index contributed by atoms with van der Waals surface area (Å²) in [5, 5.41) is 70.5. The molecule has 0 bridgehead atoms. The number of Topliss-reactive ketones (excluding diaryl/α,β-unsaturated/α-hetero) is 2. The maximum atomic E-state index is 16.8. The first-order valence-electron chi connectivity index (χ1n) is 29.3. The molecule has 16 nitrogen and oxygen atoms in total. The van der Waals surface area contributed by atoms with Crippen molar-refractivity contribution in [3.05, 3.63) is 22.3 Å². The van der Waals surface area contributed by atoms with Gasteiger partial charge in [0.2, 0.25) is 0 Å². The van der Waals surface area contributed by atoms with Gasteiger partial charge in [-0.2, -0.15) is 0 Å². The van der Waals surface area contributed by atoms with Crippen LogP contribution in [0.5, 0.6) is 0 Å². The molecule has 8 aliphatic rings. The fourth-order valence-electron chi connectivity index (χ4n) is 18.6. The van der Waals surface area contributed by atoms with Crippen molar-refractivity contribution in [2.45, 2.75) is 259 Å². The average molecular weight is 1100 g/mol. The van der Waals surface area contributed by atoms with Crippen LogP contribution >= 0.6 is 0 Å². The second-order valence-corrected chi connectivity index (χ2v) is 28.6. The number of hydrogen-bond donors (Lipinski definition) is 6. The van der Waals surface area contributed by atoms with Crippen LogP contribution in [-0.2, 0) is 47.7 Å². The maximum Gasteiger partial charge on any atom is 0.303 e. The van der Waals surface area contributed by atoms with Gasteiger partial charge in [0.1, 0.15) is 36.0 Å². The van der Waals surface area contributed by atoms with Gasteiger partial charge in [0, 0.05) is 39.5 Å². The number of aliphatic hydroxyl groups is 6. The van der Waals surface area contributed by atoms with E-state index in [2.05, 4.69) is 27.7 Å². The molecule has 8 aliphatic carbocycles. The zero-order valence-electron chi connectivity index (χ0n) is 49.2. The third-order valence-corrected chi connectivity index (χ3v) is 22.3. The van der Waals surface area contributed by atoms with E-state index in [-0.39, 0.29) is 74.8 Å². The van der Waals surface area contributed by atoms with Crippen molar-refractivity contribution in [2.24, 2.45) is 69.0 Å². The predicted octanol–water partition coefficient (Wildman–Crippen LogP) is 7.52. The number of ether oxygens (including phenoxy) is 4. The van der Waals surface area contributed by atoms with Crippen LogP contribution in [0.1, 0.15) is 200 Å². The minimum atomic E-state index is -1.62. The maximum absolute atomic E-state index is 16.8. The van der Waals surface area contributed by atoms with E-state index in [0.29, 0.717) is 51.4 Å². The molecule has 78 heavy (non-hydrogen) atoms. The number of aliphatic hydroxyl groups excluding tert-OH is 2. The molecule has 0 aromatic rings. The molecule has 0 saturated heterocycles. The van der Waals surface area contributed by atoms with E-state index in [1.54, 1.807) is 41.5 Å². The van der Waals surface area contributed by atoms with Gasteiger partial charge in [0.15, 0.2) is 0 Å². The molecule has 0 spiro atoms. The van der Waals surface area contributed by atoms with Crippen LogP contribution < -0.4 is 0 Å². The van der Waals surface area contributed by atoms with E-state index >= 15 is 9.59 Å². The van der Waals surface area contributed by atoms with Gasteiger partial charge in [-0.3, -0.25) is 28.8 Å². The number of ketones is 2. The van der Waals surface area contributed by atoms with E-state index < -0.39 is 140 Å². The van der Waals surface area contributed by atoms with Gasteiger partial charge in [-0.15, -0.1) is 0 Å². The van der Waals surface area contributed by atoms with E-state index in [9.17, 15) is 49.8 Å². The monoisotopic (exact) mass is 1090 g/mol. The fraction of sp³-hybridized carbons (Fsp3) is 0.839. The second kappa shape index (κ2) is 20.7. The fourth-order valence-corrected chi connectivity index (χ4v) is 18.6. The van der Waals surface area contributed by atoms with Crippen LogP contribution in [0.4, 0.5) is 0 Å². The Morgan fingerprint density at radius 1 is 0.513 bits per heavy atom. The summed E-state index contributed by atoms with van der Waals surface area (Å²) in [5.74, 6) is -7.94. The summed E-state index contributed by atoms with van der Waals surface area (Å²) in [7, 11) is 0. The molecular weight excluding hydrogens is 1000 g/mol. The highest BCUT2D eigenvalue weighted by Gasteiger charge is 2.70. The molecule has 6 fully saturated rings. The molecule has 0 unspecified atom stereocenters. The molecule has 438 valence electrons. The minimum Gasteiger partial charge on any atom is -0.459 e. The predicted molar refractivity (Wildman–Crippen MR) is 286 cm³/mol. The smallest absolute Gasteiger partial charge is 0.303 e. The van der Waals surface area contributed by atoms with Crippen molar-refractivity contribution in [1.82, 2.24) is 0 Å². The van der Waals surface area contributed by atoms with Gasteiger partial charge >= 0.3 is 23.9 Å². The molecule has 6 saturated carbocycles. The first-order valence-corrected chi connectivity index (χ1v) is 29.3. The lowest BCUT2D eigenvalue weighted by Gasteiger charge is -2.63. The van der Waals surface area contributed by atoms with Gasteiger partial charge < -0.3 is 49.6 Å². The number of carbonyl (C=O) groups excluding carboxylic acids is 6. The lowest BCUT2D eigenvalue weighted by molar-refractivity contribution is -0.190. The zero-order chi connectivity index (χ0) is 58.0. The van der Waals surface area contributed by atoms with Gasteiger partial charge in [0.25, 0.3) is 0 Å². The molecule has 0 amide bonds. The Labute approximate surface area is 462 Å². The summed E-state index contributed by atoms with van der Waals surface area (Å²) in [4.78, 5) is 85.0. The number of fused-ring (bicyclic) bond motifs is 8. The molecule has 0 heterocycles. The topological polar surface area (TPSA) is 261 Å². The van der Waals surface area contributed by atoms with Crippen LogP contribution in [0.3, 0.4) is 0 Å². The Kier molecular flexibility index (Phi) is 16.1. The molecular formula is C62H94O16.